The topological polar surface area (TPSA) is 77.8 Å². The van der Waals surface area contributed by atoms with E-state index in [9.17, 15) is 14.3 Å². The number of carboxylic acids is 1. The third-order valence-electron chi connectivity index (χ3n) is 4.56. The minimum absolute atomic E-state index is 0.0774. The van der Waals surface area contributed by atoms with Crippen LogP contribution in [0.15, 0.2) is 72.8 Å². The molecule has 0 saturated heterocycles. The van der Waals surface area contributed by atoms with E-state index in [1.54, 1.807) is 0 Å². The molecule has 3 aromatic rings. The van der Waals surface area contributed by atoms with E-state index in [0.717, 1.165) is 21.9 Å². The number of hydrogen-bond acceptors (Lipinski definition) is 2. The molecule has 6 heteroatoms. The van der Waals surface area contributed by atoms with Gasteiger partial charge in [-0.2, -0.15) is 0 Å². The zero-order valence-corrected chi connectivity index (χ0v) is 15.6. The minimum atomic E-state index is -2.63. The molecule has 0 spiro atoms. The maximum absolute atomic E-state index is 12.2. The molecule has 0 saturated carbocycles. The van der Waals surface area contributed by atoms with Crippen LogP contribution >= 0.6 is 8.18 Å². The van der Waals surface area contributed by atoms with Crippen molar-refractivity contribution in [2.24, 2.45) is 0 Å². The van der Waals surface area contributed by atoms with Crippen molar-refractivity contribution < 1.29 is 19.4 Å². The van der Waals surface area contributed by atoms with Crippen molar-refractivity contribution in [1.82, 2.24) is 4.67 Å². The van der Waals surface area contributed by atoms with Gasteiger partial charge < -0.3 is 5.11 Å². The molecule has 0 amide bonds. The van der Waals surface area contributed by atoms with E-state index in [2.05, 4.69) is 0 Å². The third-order valence-corrected chi connectivity index (χ3v) is 5.42. The molecule has 0 radical (unpaired) electrons. The monoisotopic (exact) mass is 382 g/mol. The van der Waals surface area contributed by atoms with Crippen molar-refractivity contribution in [2.45, 2.75) is 25.4 Å². The summed E-state index contributed by atoms with van der Waals surface area (Å²) in [5.74, 6) is -0.923. The first-order chi connectivity index (χ1) is 13.0. The van der Waals surface area contributed by atoms with E-state index in [4.69, 9.17) is 5.11 Å². The lowest BCUT2D eigenvalue weighted by molar-refractivity contribution is -0.137. The summed E-state index contributed by atoms with van der Waals surface area (Å²) in [6.45, 7) is 0.268. The van der Waals surface area contributed by atoms with Gasteiger partial charge in [-0.15, -0.1) is 4.89 Å². The van der Waals surface area contributed by atoms with Crippen LogP contribution in [0.3, 0.4) is 0 Å². The van der Waals surface area contributed by atoms with E-state index < -0.39 is 20.2 Å². The summed E-state index contributed by atoms with van der Waals surface area (Å²) in [7, 11) is -2.63. The first-order valence-corrected chi connectivity index (χ1v) is 9.88. The van der Waals surface area contributed by atoms with Gasteiger partial charge in [0.05, 0.1) is 12.6 Å². The van der Waals surface area contributed by atoms with E-state index in [1.807, 2.05) is 72.8 Å². The highest BCUT2D eigenvalue weighted by atomic mass is 31.1. The van der Waals surface area contributed by atoms with Crippen molar-refractivity contribution in [3.63, 3.8) is 0 Å². The standard InChI is InChI=1S/C21H20NO4P/c23-21(24)13-12-20(19-11-10-17-8-4-5-9-18(17)14-19)22(27(25)26)15-16-6-2-1-3-7-16/h1-11,14,20H,12-13,15H2,(H-,23,24,25,26)/p+1. The molecule has 0 aliphatic rings. The smallest absolute Gasteiger partial charge is 0.481 e. The summed E-state index contributed by atoms with van der Waals surface area (Å²) in [5.41, 5.74) is 1.74. The molecule has 27 heavy (non-hydrogen) atoms. The Morgan fingerprint density at radius 2 is 1.63 bits per heavy atom. The second-order valence-electron chi connectivity index (χ2n) is 6.39. The van der Waals surface area contributed by atoms with Gasteiger partial charge in [-0.05, 0) is 39.0 Å². The molecule has 0 aliphatic carbocycles. The average molecular weight is 382 g/mol. The molecular formula is C21H21NO4P+. The van der Waals surface area contributed by atoms with Crippen molar-refractivity contribution in [3.8, 4) is 0 Å². The van der Waals surface area contributed by atoms with Crippen LogP contribution < -0.4 is 0 Å². The largest absolute Gasteiger partial charge is 0.614 e. The Kier molecular flexibility index (Phi) is 6.30. The summed E-state index contributed by atoms with van der Waals surface area (Å²) in [5, 5.41) is 11.2. The number of rotatable bonds is 8. The highest BCUT2D eigenvalue weighted by Gasteiger charge is 2.35. The van der Waals surface area contributed by atoms with Gasteiger partial charge in [0.2, 0.25) is 0 Å². The van der Waals surface area contributed by atoms with Crippen molar-refractivity contribution >= 4 is 24.9 Å². The van der Waals surface area contributed by atoms with E-state index in [1.165, 1.54) is 4.67 Å². The van der Waals surface area contributed by atoms with Crippen LogP contribution in [0.4, 0.5) is 0 Å². The summed E-state index contributed by atoms with van der Waals surface area (Å²) in [6.07, 6.45) is 0.175. The average Bonchev–Trinajstić information content (AvgIpc) is 2.67. The molecule has 2 N–H and O–H groups in total. The molecule has 2 unspecified atom stereocenters. The molecule has 3 aromatic carbocycles. The molecule has 138 valence electrons. The zero-order chi connectivity index (χ0) is 19.2. The Morgan fingerprint density at radius 3 is 2.30 bits per heavy atom. The van der Waals surface area contributed by atoms with Crippen LogP contribution in [0.2, 0.25) is 0 Å². The van der Waals surface area contributed by atoms with Crippen LogP contribution in [-0.4, -0.2) is 20.6 Å². The van der Waals surface area contributed by atoms with Gasteiger partial charge in [-0.1, -0.05) is 71.4 Å². The van der Waals surface area contributed by atoms with Gasteiger partial charge >= 0.3 is 14.1 Å². The fourth-order valence-electron chi connectivity index (χ4n) is 3.22. The minimum Gasteiger partial charge on any atom is -0.481 e. The van der Waals surface area contributed by atoms with Crippen molar-refractivity contribution in [2.75, 3.05) is 0 Å². The Bertz CT molecular complexity index is 945. The first kappa shape index (κ1) is 19.2. The molecule has 0 fully saturated rings. The number of carboxylic acid groups (broad SMARTS) is 1. The fourth-order valence-corrected chi connectivity index (χ4v) is 3.99. The maximum Gasteiger partial charge on any atom is 0.614 e. The van der Waals surface area contributed by atoms with Gasteiger partial charge in [0.1, 0.15) is 0 Å². The van der Waals surface area contributed by atoms with Crippen molar-refractivity contribution in [1.29, 1.82) is 0 Å². The predicted molar refractivity (Wildman–Crippen MR) is 105 cm³/mol. The predicted octanol–water partition coefficient (Wildman–Crippen LogP) is 4.90. The highest BCUT2D eigenvalue weighted by molar-refractivity contribution is 7.35. The van der Waals surface area contributed by atoms with Crippen molar-refractivity contribution in [3.05, 3.63) is 83.9 Å². The molecular weight excluding hydrogens is 361 g/mol. The van der Waals surface area contributed by atoms with Crippen LogP contribution in [0.25, 0.3) is 10.8 Å². The van der Waals surface area contributed by atoms with E-state index in [-0.39, 0.29) is 19.4 Å². The van der Waals surface area contributed by atoms with Crippen LogP contribution in [0, 0.1) is 0 Å². The highest BCUT2D eigenvalue weighted by Crippen LogP contribution is 2.39. The molecule has 2 atom stereocenters. The van der Waals surface area contributed by atoms with Gasteiger partial charge in [-0.25, -0.2) is 0 Å². The Hall–Kier alpha value is -2.59. The molecule has 3 rings (SSSR count). The number of benzene rings is 3. The first-order valence-electron chi connectivity index (χ1n) is 8.71. The molecule has 0 aromatic heterocycles. The SMILES string of the molecule is O=C(O)CCC(c1ccc2ccccc2c1)N(Cc1ccccc1)[P+](=O)O. The fraction of sp³-hybridized carbons (Fsp3) is 0.190. The Labute approximate surface area is 158 Å². The quantitative estimate of drug-likeness (QED) is 0.542. The summed E-state index contributed by atoms with van der Waals surface area (Å²) in [4.78, 5) is 21.1. The maximum atomic E-state index is 12.2. The molecule has 0 aliphatic heterocycles. The summed E-state index contributed by atoms with van der Waals surface area (Å²) >= 11 is 0. The second-order valence-corrected chi connectivity index (χ2v) is 7.41. The van der Waals surface area contributed by atoms with Gasteiger partial charge in [0.15, 0.2) is 0 Å². The summed E-state index contributed by atoms with van der Waals surface area (Å²) in [6, 6.07) is 22.7. The lowest BCUT2D eigenvalue weighted by Gasteiger charge is -2.22. The number of fused-ring (bicyclic) bond motifs is 1. The zero-order valence-electron chi connectivity index (χ0n) is 14.7. The lowest BCUT2D eigenvalue weighted by Crippen LogP contribution is -2.23. The number of carbonyl (C=O) groups is 1. The number of aliphatic carboxylic acids is 1. The number of hydrogen-bond donors (Lipinski definition) is 2. The van der Waals surface area contributed by atoms with E-state index >= 15 is 0 Å². The second kappa shape index (κ2) is 8.87. The molecule has 5 nitrogen and oxygen atoms in total. The third kappa shape index (κ3) is 4.98. The Balaban J connectivity index is 1.98. The van der Waals surface area contributed by atoms with Gasteiger partial charge in [0.25, 0.3) is 0 Å². The molecule has 0 heterocycles. The van der Waals surface area contributed by atoms with Gasteiger partial charge in [-0.3, -0.25) is 4.79 Å². The Morgan fingerprint density at radius 1 is 0.963 bits per heavy atom. The van der Waals surface area contributed by atoms with E-state index in [0.29, 0.717) is 0 Å². The van der Waals surface area contributed by atoms with Gasteiger partial charge in [0, 0.05) is 6.42 Å². The lowest BCUT2D eigenvalue weighted by atomic mass is 9.98. The van der Waals surface area contributed by atoms with Crippen LogP contribution in [0.5, 0.6) is 0 Å². The molecule has 0 bridgehead atoms. The van der Waals surface area contributed by atoms with Crippen LogP contribution in [0.1, 0.15) is 30.0 Å². The summed E-state index contributed by atoms with van der Waals surface area (Å²) < 4.78 is 13.6. The number of nitrogens with zero attached hydrogens (tertiary/aromatic N) is 1. The normalized spacial score (nSPS) is 12.9. The van der Waals surface area contributed by atoms with Crippen LogP contribution in [-0.2, 0) is 15.9 Å².